The summed E-state index contributed by atoms with van der Waals surface area (Å²) in [5.74, 6) is 0.910. The van der Waals surface area contributed by atoms with Crippen molar-refractivity contribution in [1.82, 2.24) is 5.32 Å². The molecule has 1 aromatic rings. The van der Waals surface area contributed by atoms with E-state index in [1.165, 1.54) is 38.4 Å². The number of nitrogens with one attached hydrogen (secondary N) is 1. The fourth-order valence-corrected chi connectivity index (χ4v) is 3.82. The van der Waals surface area contributed by atoms with Crippen molar-refractivity contribution < 1.29 is 8.42 Å². The lowest BCUT2D eigenvalue weighted by Crippen LogP contribution is -2.34. The Morgan fingerprint density at radius 1 is 1.14 bits per heavy atom. The Bertz CT molecular complexity index is 543. The van der Waals surface area contributed by atoms with Crippen LogP contribution in [0.4, 0.5) is 0 Å². The predicted octanol–water partition coefficient (Wildman–Crippen LogP) is 3.71. The highest BCUT2D eigenvalue weighted by molar-refractivity contribution is 7.90. The van der Waals surface area contributed by atoms with E-state index in [-0.39, 0.29) is 6.04 Å². The maximum atomic E-state index is 11.5. The van der Waals surface area contributed by atoms with E-state index in [4.69, 9.17) is 0 Å². The number of rotatable bonds is 5. The first kappa shape index (κ1) is 16.5. The van der Waals surface area contributed by atoms with Gasteiger partial charge in [0, 0.05) is 18.3 Å². The number of hydrogen-bond donors (Lipinski definition) is 1. The van der Waals surface area contributed by atoms with Crippen molar-refractivity contribution in [3.8, 4) is 0 Å². The second kappa shape index (κ2) is 6.93. The highest BCUT2D eigenvalue weighted by Gasteiger charge is 2.21. The van der Waals surface area contributed by atoms with Gasteiger partial charge in [0.2, 0.25) is 0 Å². The second-order valence-electron chi connectivity index (χ2n) is 6.36. The van der Waals surface area contributed by atoms with Gasteiger partial charge in [-0.05, 0) is 56.2 Å². The molecule has 0 aromatic heterocycles. The lowest BCUT2D eigenvalue weighted by Gasteiger charge is -2.31. The number of sulfone groups is 1. The second-order valence-corrected chi connectivity index (χ2v) is 8.37. The fraction of sp³-hybridized carbons (Fsp3) is 0.647. The zero-order valence-corrected chi connectivity index (χ0v) is 14.1. The average molecular weight is 309 g/mol. The van der Waals surface area contributed by atoms with Crippen LogP contribution in [0.5, 0.6) is 0 Å². The highest BCUT2D eigenvalue weighted by atomic mass is 32.2. The first-order valence-corrected chi connectivity index (χ1v) is 9.85. The van der Waals surface area contributed by atoms with Crippen LogP contribution < -0.4 is 5.32 Å². The van der Waals surface area contributed by atoms with Gasteiger partial charge in [0.15, 0.2) is 9.84 Å². The summed E-state index contributed by atoms with van der Waals surface area (Å²) in [5, 5.41) is 3.69. The van der Waals surface area contributed by atoms with Crippen LogP contribution in [0.15, 0.2) is 29.2 Å². The Kier molecular flexibility index (Phi) is 5.44. The molecule has 1 N–H and O–H groups in total. The molecule has 0 aliphatic heterocycles. The molecule has 0 bridgehead atoms. The molecule has 0 amide bonds. The minimum atomic E-state index is -3.10. The molecule has 21 heavy (non-hydrogen) atoms. The Morgan fingerprint density at radius 3 is 2.19 bits per heavy atom. The molecule has 3 nitrogen and oxygen atoms in total. The predicted molar refractivity (Wildman–Crippen MR) is 87.1 cm³/mol. The molecule has 1 aliphatic rings. The molecule has 0 radical (unpaired) electrons. The van der Waals surface area contributed by atoms with Crippen molar-refractivity contribution in [2.75, 3.05) is 6.26 Å². The topological polar surface area (TPSA) is 46.2 Å². The standard InChI is InChI=1S/C17H27NO2S/c1-4-14-5-9-16(10-6-14)18-13(2)15-7-11-17(12-8-15)21(3,19)20/h7-8,11-14,16,18H,4-6,9-10H2,1-3H3. The zero-order chi connectivity index (χ0) is 15.5. The molecular formula is C17H27NO2S. The monoisotopic (exact) mass is 309 g/mol. The normalized spacial score (nSPS) is 24.7. The van der Waals surface area contributed by atoms with E-state index in [0.717, 1.165) is 11.5 Å². The van der Waals surface area contributed by atoms with Gasteiger partial charge in [0.1, 0.15) is 0 Å². The molecule has 0 spiro atoms. The molecular weight excluding hydrogens is 282 g/mol. The quantitative estimate of drug-likeness (QED) is 0.902. The van der Waals surface area contributed by atoms with Crippen molar-refractivity contribution in [2.45, 2.75) is 62.9 Å². The van der Waals surface area contributed by atoms with Crippen LogP contribution in [0, 0.1) is 5.92 Å². The Balaban J connectivity index is 1.93. The van der Waals surface area contributed by atoms with Crippen LogP contribution >= 0.6 is 0 Å². The van der Waals surface area contributed by atoms with E-state index in [0.29, 0.717) is 10.9 Å². The SMILES string of the molecule is CCC1CCC(NC(C)c2ccc(S(C)(=O)=O)cc2)CC1. The zero-order valence-electron chi connectivity index (χ0n) is 13.3. The number of hydrogen-bond acceptors (Lipinski definition) is 3. The van der Waals surface area contributed by atoms with E-state index >= 15 is 0 Å². The van der Waals surface area contributed by atoms with Gasteiger partial charge < -0.3 is 5.32 Å². The van der Waals surface area contributed by atoms with Gasteiger partial charge in [-0.2, -0.15) is 0 Å². The lowest BCUT2D eigenvalue weighted by molar-refractivity contribution is 0.273. The highest BCUT2D eigenvalue weighted by Crippen LogP contribution is 2.28. The summed E-state index contributed by atoms with van der Waals surface area (Å²) in [6.45, 7) is 4.44. The van der Waals surface area contributed by atoms with Gasteiger partial charge in [-0.25, -0.2) is 8.42 Å². The summed E-state index contributed by atoms with van der Waals surface area (Å²) in [7, 11) is -3.10. The van der Waals surface area contributed by atoms with Gasteiger partial charge in [-0.15, -0.1) is 0 Å². The van der Waals surface area contributed by atoms with E-state index in [1.807, 2.05) is 12.1 Å². The third kappa shape index (κ3) is 4.55. The molecule has 1 unspecified atom stereocenters. The van der Waals surface area contributed by atoms with E-state index in [1.54, 1.807) is 12.1 Å². The summed E-state index contributed by atoms with van der Waals surface area (Å²) >= 11 is 0. The van der Waals surface area contributed by atoms with Crippen LogP contribution in [-0.4, -0.2) is 20.7 Å². The third-order valence-corrected chi connectivity index (χ3v) is 5.85. The molecule has 4 heteroatoms. The molecule has 1 atom stereocenters. The largest absolute Gasteiger partial charge is 0.307 e. The van der Waals surface area contributed by atoms with Crippen LogP contribution in [0.1, 0.15) is 57.6 Å². The van der Waals surface area contributed by atoms with Crippen molar-refractivity contribution >= 4 is 9.84 Å². The summed E-state index contributed by atoms with van der Waals surface area (Å²) in [6, 6.07) is 8.12. The summed E-state index contributed by atoms with van der Waals surface area (Å²) in [6.07, 6.45) is 7.71. The Morgan fingerprint density at radius 2 is 1.71 bits per heavy atom. The average Bonchev–Trinajstić information content (AvgIpc) is 2.47. The Hall–Kier alpha value is -0.870. The third-order valence-electron chi connectivity index (χ3n) is 4.72. The molecule has 1 aliphatic carbocycles. The van der Waals surface area contributed by atoms with Gasteiger partial charge in [0.05, 0.1) is 4.90 Å². The molecule has 118 valence electrons. The Labute approximate surface area is 129 Å². The van der Waals surface area contributed by atoms with Crippen molar-refractivity contribution in [3.05, 3.63) is 29.8 Å². The molecule has 0 saturated heterocycles. The molecule has 1 saturated carbocycles. The van der Waals surface area contributed by atoms with Crippen LogP contribution in [0.2, 0.25) is 0 Å². The van der Waals surface area contributed by atoms with Gasteiger partial charge in [-0.3, -0.25) is 0 Å². The first-order valence-electron chi connectivity index (χ1n) is 7.96. The van der Waals surface area contributed by atoms with Crippen molar-refractivity contribution in [2.24, 2.45) is 5.92 Å². The van der Waals surface area contributed by atoms with Crippen molar-refractivity contribution in [1.29, 1.82) is 0 Å². The van der Waals surface area contributed by atoms with E-state index in [2.05, 4.69) is 19.2 Å². The first-order chi connectivity index (χ1) is 9.90. The van der Waals surface area contributed by atoms with Crippen LogP contribution in [0.3, 0.4) is 0 Å². The molecule has 1 fully saturated rings. The summed E-state index contributed by atoms with van der Waals surface area (Å²) in [4.78, 5) is 0.391. The van der Waals surface area contributed by atoms with E-state index < -0.39 is 9.84 Å². The molecule has 1 aromatic carbocycles. The summed E-state index contributed by atoms with van der Waals surface area (Å²) in [5.41, 5.74) is 1.15. The van der Waals surface area contributed by atoms with Crippen molar-refractivity contribution in [3.63, 3.8) is 0 Å². The summed E-state index contributed by atoms with van der Waals surface area (Å²) < 4.78 is 22.9. The van der Waals surface area contributed by atoms with Gasteiger partial charge >= 0.3 is 0 Å². The minimum Gasteiger partial charge on any atom is -0.307 e. The maximum Gasteiger partial charge on any atom is 0.175 e. The van der Waals surface area contributed by atoms with Crippen LogP contribution in [-0.2, 0) is 9.84 Å². The smallest absolute Gasteiger partial charge is 0.175 e. The van der Waals surface area contributed by atoms with Crippen LogP contribution in [0.25, 0.3) is 0 Å². The minimum absolute atomic E-state index is 0.266. The fourth-order valence-electron chi connectivity index (χ4n) is 3.19. The van der Waals surface area contributed by atoms with Gasteiger partial charge in [0.25, 0.3) is 0 Å². The maximum absolute atomic E-state index is 11.5. The molecule has 2 rings (SSSR count). The lowest BCUT2D eigenvalue weighted by atomic mass is 9.84. The number of benzene rings is 1. The van der Waals surface area contributed by atoms with E-state index in [9.17, 15) is 8.42 Å². The molecule has 0 heterocycles. The van der Waals surface area contributed by atoms with Gasteiger partial charge in [-0.1, -0.05) is 25.5 Å².